The van der Waals surface area contributed by atoms with Gasteiger partial charge in [-0.25, -0.2) is 18.4 Å². The molecule has 3 aromatic rings. The van der Waals surface area contributed by atoms with Gasteiger partial charge in [0, 0.05) is 17.7 Å². The van der Waals surface area contributed by atoms with Crippen LogP contribution >= 0.6 is 0 Å². The van der Waals surface area contributed by atoms with Crippen molar-refractivity contribution in [2.75, 3.05) is 5.32 Å². The van der Waals surface area contributed by atoms with E-state index in [2.05, 4.69) is 5.32 Å². The number of rotatable bonds is 4. The third kappa shape index (κ3) is 4.10. The maximum absolute atomic E-state index is 12.6. The van der Waals surface area contributed by atoms with Crippen LogP contribution in [0.15, 0.2) is 77.7 Å². The second kappa shape index (κ2) is 7.74. The van der Waals surface area contributed by atoms with Gasteiger partial charge in [0.1, 0.15) is 6.10 Å². The highest BCUT2D eigenvalue weighted by Gasteiger charge is 2.28. The second-order valence-electron chi connectivity index (χ2n) is 6.90. The summed E-state index contributed by atoms with van der Waals surface area (Å²) in [5.41, 5.74) is 2.87. The summed E-state index contributed by atoms with van der Waals surface area (Å²) in [4.78, 5) is 25.0. The number of amides is 1. The second-order valence-corrected chi connectivity index (χ2v) is 8.47. The van der Waals surface area contributed by atoms with Crippen LogP contribution in [-0.4, -0.2) is 20.3 Å². The summed E-state index contributed by atoms with van der Waals surface area (Å²) in [6.45, 7) is 0. The SMILES string of the molecule is NS(=O)(=O)c1ccc(NC(=O)c2ccc3c(c2)C[C@H](c2ccccc2)OC3=O)cc1. The lowest BCUT2D eigenvalue weighted by molar-refractivity contribution is 0.0252. The minimum atomic E-state index is -3.80. The number of benzene rings is 3. The van der Waals surface area contributed by atoms with Crippen molar-refractivity contribution in [1.82, 2.24) is 0 Å². The predicted molar refractivity (Wildman–Crippen MR) is 111 cm³/mol. The number of sulfonamides is 1. The van der Waals surface area contributed by atoms with E-state index in [9.17, 15) is 18.0 Å². The van der Waals surface area contributed by atoms with E-state index in [1.807, 2.05) is 30.3 Å². The number of hydrogen-bond donors (Lipinski definition) is 2. The number of anilines is 1. The van der Waals surface area contributed by atoms with E-state index in [1.54, 1.807) is 18.2 Å². The minimum Gasteiger partial charge on any atom is -0.454 e. The van der Waals surface area contributed by atoms with Crippen molar-refractivity contribution in [3.63, 3.8) is 0 Å². The largest absolute Gasteiger partial charge is 0.454 e. The Morgan fingerprint density at radius 2 is 1.70 bits per heavy atom. The summed E-state index contributed by atoms with van der Waals surface area (Å²) < 4.78 is 28.2. The standard InChI is InChI=1S/C22H18N2O5S/c23-30(27,28)18-9-7-17(8-10-18)24-21(25)15-6-11-19-16(12-15)13-20(29-22(19)26)14-4-2-1-3-5-14/h1-12,20H,13H2,(H,24,25)(H2,23,27,28)/t20-/m1/s1. The van der Waals surface area contributed by atoms with Crippen LogP contribution in [0.3, 0.4) is 0 Å². The van der Waals surface area contributed by atoms with E-state index >= 15 is 0 Å². The topological polar surface area (TPSA) is 116 Å². The number of carbonyl (C=O) groups is 2. The van der Waals surface area contributed by atoms with Crippen molar-refractivity contribution in [3.05, 3.63) is 95.1 Å². The van der Waals surface area contributed by atoms with Crippen LogP contribution in [0.25, 0.3) is 0 Å². The average Bonchev–Trinajstić information content (AvgIpc) is 2.73. The van der Waals surface area contributed by atoms with Crippen LogP contribution < -0.4 is 10.5 Å². The van der Waals surface area contributed by atoms with Gasteiger partial charge in [-0.3, -0.25) is 4.79 Å². The molecule has 1 aliphatic rings. The zero-order valence-electron chi connectivity index (χ0n) is 15.7. The summed E-state index contributed by atoms with van der Waals surface area (Å²) in [5, 5.41) is 7.78. The molecule has 3 N–H and O–H groups in total. The molecule has 30 heavy (non-hydrogen) atoms. The molecule has 1 heterocycles. The Bertz CT molecular complexity index is 1220. The minimum absolute atomic E-state index is 0.0419. The van der Waals surface area contributed by atoms with Crippen LogP contribution in [0.5, 0.6) is 0 Å². The van der Waals surface area contributed by atoms with Crippen molar-refractivity contribution in [2.24, 2.45) is 5.14 Å². The summed E-state index contributed by atoms with van der Waals surface area (Å²) in [5.74, 6) is -0.799. The summed E-state index contributed by atoms with van der Waals surface area (Å²) in [6, 6.07) is 19.8. The highest BCUT2D eigenvalue weighted by Crippen LogP contribution is 2.31. The first-order valence-corrected chi connectivity index (χ1v) is 10.7. The van der Waals surface area contributed by atoms with E-state index in [0.717, 1.165) is 11.1 Å². The molecule has 152 valence electrons. The molecular weight excluding hydrogens is 404 g/mol. The number of fused-ring (bicyclic) bond motifs is 1. The Hall–Kier alpha value is -3.49. The highest BCUT2D eigenvalue weighted by atomic mass is 32.2. The molecule has 0 radical (unpaired) electrons. The van der Waals surface area contributed by atoms with E-state index in [1.165, 1.54) is 24.3 Å². The molecule has 1 amide bonds. The predicted octanol–water partition coefficient (Wildman–Crippen LogP) is 3.04. The van der Waals surface area contributed by atoms with Crippen molar-refractivity contribution >= 4 is 27.6 Å². The van der Waals surface area contributed by atoms with Crippen LogP contribution in [0.4, 0.5) is 5.69 Å². The molecule has 0 bridgehead atoms. The molecule has 3 aromatic carbocycles. The number of cyclic esters (lactones) is 1. The fourth-order valence-electron chi connectivity index (χ4n) is 3.32. The molecular formula is C22H18N2O5S. The molecule has 0 aromatic heterocycles. The fraction of sp³-hybridized carbons (Fsp3) is 0.0909. The summed E-state index contributed by atoms with van der Waals surface area (Å²) >= 11 is 0. The molecule has 0 spiro atoms. The Labute approximate surface area is 173 Å². The first-order valence-electron chi connectivity index (χ1n) is 9.14. The molecule has 4 rings (SSSR count). The van der Waals surface area contributed by atoms with E-state index in [4.69, 9.17) is 9.88 Å². The molecule has 8 heteroatoms. The number of primary sulfonamides is 1. The van der Waals surface area contributed by atoms with Crippen molar-refractivity contribution in [1.29, 1.82) is 0 Å². The first kappa shape index (κ1) is 19.8. The van der Waals surface area contributed by atoms with Gasteiger partial charge in [-0.1, -0.05) is 30.3 Å². The Kier molecular flexibility index (Phi) is 5.11. The number of carbonyl (C=O) groups excluding carboxylic acids is 2. The van der Waals surface area contributed by atoms with Gasteiger partial charge >= 0.3 is 5.97 Å². The van der Waals surface area contributed by atoms with E-state index in [0.29, 0.717) is 23.2 Å². The molecule has 0 fully saturated rings. The highest BCUT2D eigenvalue weighted by molar-refractivity contribution is 7.89. The Morgan fingerprint density at radius 3 is 2.37 bits per heavy atom. The zero-order valence-corrected chi connectivity index (χ0v) is 16.6. The van der Waals surface area contributed by atoms with Gasteiger partial charge in [0.25, 0.3) is 5.91 Å². The average molecular weight is 422 g/mol. The monoisotopic (exact) mass is 422 g/mol. The van der Waals surface area contributed by atoms with Crippen molar-refractivity contribution < 1.29 is 22.7 Å². The zero-order chi connectivity index (χ0) is 21.3. The van der Waals surface area contributed by atoms with Gasteiger partial charge in [-0.2, -0.15) is 0 Å². The van der Waals surface area contributed by atoms with Gasteiger partial charge in [0.05, 0.1) is 10.5 Å². The lowest BCUT2D eigenvalue weighted by atomic mass is 9.93. The quantitative estimate of drug-likeness (QED) is 0.627. The molecule has 1 aliphatic heterocycles. The van der Waals surface area contributed by atoms with Crippen molar-refractivity contribution in [2.45, 2.75) is 17.4 Å². The lowest BCUT2D eigenvalue weighted by Gasteiger charge is -2.25. The summed E-state index contributed by atoms with van der Waals surface area (Å²) in [6.07, 6.45) is 0.0604. The number of hydrogen-bond acceptors (Lipinski definition) is 5. The normalized spacial score (nSPS) is 15.8. The number of esters is 1. The Balaban J connectivity index is 1.55. The summed E-state index contributed by atoms with van der Waals surface area (Å²) in [7, 11) is -3.80. The smallest absolute Gasteiger partial charge is 0.339 e. The van der Waals surface area contributed by atoms with Crippen LogP contribution in [-0.2, 0) is 21.2 Å². The fourth-order valence-corrected chi connectivity index (χ4v) is 3.84. The molecule has 7 nitrogen and oxygen atoms in total. The molecule has 0 saturated heterocycles. The molecule has 0 unspecified atom stereocenters. The number of ether oxygens (including phenoxy) is 1. The van der Waals surface area contributed by atoms with Crippen LogP contribution in [0.2, 0.25) is 0 Å². The van der Waals surface area contributed by atoms with Gasteiger partial charge < -0.3 is 10.1 Å². The Morgan fingerprint density at radius 1 is 1.00 bits per heavy atom. The molecule has 0 saturated carbocycles. The molecule has 1 atom stereocenters. The lowest BCUT2D eigenvalue weighted by Crippen LogP contribution is -2.23. The van der Waals surface area contributed by atoms with E-state index in [-0.39, 0.29) is 10.8 Å². The van der Waals surface area contributed by atoms with Gasteiger partial charge in [-0.15, -0.1) is 0 Å². The van der Waals surface area contributed by atoms with Gasteiger partial charge in [0.15, 0.2) is 0 Å². The van der Waals surface area contributed by atoms with Gasteiger partial charge in [0.2, 0.25) is 10.0 Å². The van der Waals surface area contributed by atoms with Gasteiger partial charge in [-0.05, 0) is 53.6 Å². The van der Waals surface area contributed by atoms with Crippen molar-refractivity contribution in [3.8, 4) is 0 Å². The maximum Gasteiger partial charge on any atom is 0.339 e. The third-order valence-electron chi connectivity index (χ3n) is 4.85. The van der Waals surface area contributed by atoms with Crippen LogP contribution in [0, 0.1) is 0 Å². The van der Waals surface area contributed by atoms with E-state index < -0.39 is 22.1 Å². The third-order valence-corrected chi connectivity index (χ3v) is 5.78. The maximum atomic E-state index is 12.6. The van der Waals surface area contributed by atoms with Crippen LogP contribution in [0.1, 0.15) is 37.9 Å². The first-order chi connectivity index (χ1) is 14.3. The molecule has 0 aliphatic carbocycles. The number of nitrogens with one attached hydrogen (secondary N) is 1. The number of nitrogens with two attached hydrogens (primary N) is 1.